The molecule has 0 aliphatic heterocycles. The summed E-state index contributed by atoms with van der Waals surface area (Å²) in [6, 6.07) is 28.7. The van der Waals surface area contributed by atoms with E-state index in [-0.39, 0.29) is 5.41 Å². The van der Waals surface area contributed by atoms with Crippen molar-refractivity contribution in [3.8, 4) is 39.1 Å². The van der Waals surface area contributed by atoms with Gasteiger partial charge >= 0.3 is 348 Å². The Kier molecular flexibility index (Phi) is 10.8. The van der Waals surface area contributed by atoms with Crippen LogP contribution in [0.2, 0.25) is 3.63 Å². The van der Waals surface area contributed by atoms with E-state index in [9.17, 15) is 0 Å². The zero-order valence-electron chi connectivity index (χ0n) is 36.5. The quantitative estimate of drug-likeness (QED) is 0.142. The third-order valence-corrected chi connectivity index (χ3v) is 32.3. The Bertz CT molecular complexity index is 2430. The summed E-state index contributed by atoms with van der Waals surface area (Å²) in [4.78, 5) is 0. The van der Waals surface area contributed by atoms with Crippen molar-refractivity contribution in [2.75, 3.05) is 7.11 Å². The third kappa shape index (κ3) is 6.79. The zero-order chi connectivity index (χ0) is 40.6. The maximum absolute atomic E-state index is 6.48. The van der Waals surface area contributed by atoms with Crippen LogP contribution in [0.4, 0.5) is 0 Å². The van der Waals surface area contributed by atoms with Gasteiger partial charge in [0.25, 0.3) is 0 Å². The van der Waals surface area contributed by atoms with Crippen molar-refractivity contribution in [3.63, 3.8) is 0 Å². The normalized spacial score (nSPS) is 17.3. The Labute approximate surface area is 345 Å². The fourth-order valence-electron chi connectivity index (χ4n) is 10.8. The molecule has 5 aromatic carbocycles. The molecule has 0 radical (unpaired) electrons. The number of fused-ring (bicyclic) bond motifs is 2. The molecule has 0 fully saturated rings. The first-order valence-electron chi connectivity index (χ1n) is 20.6. The fourth-order valence-corrected chi connectivity index (χ4v) is 31.0. The first-order valence-corrected chi connectivity index (χ1v) is 27.1. The molecule has 0 spiro atoms. The second-order valence-corrected chi connectivity index (χ2v) is 32.7. The summed E-state index contributed by atoms with van der Waals surface area (Å²) in [6.07, 6.45) is 5.17. The van der Waals surface area contributed by atoms with E-state index in [0.29, 0.717) is 10.9 Å². The Morgan fingerprint density at radius 1 is 0.607 bits per heavy atom. The topological polar surface area (TPSA) is 9.23 Å². The van der Waals surface area contributed by atoms with Crippen molar-refractivity contribution >= 4 is 25.4 Å². The van der Waals surface area contributed by atoms with Crippen LogP contribution in [0.15, 0.2) is 83.9 Å². The van der Waals surface area contributed by atoms with Crippen molar-refractivity contribution in [2.24, 2.45) is 0 Å². The number of benzene rings is 5. The van der Waals surface area contributed by atoms with Gasteiger partial charge in [0.15, 0.2) is 0 Å². The minimum atomic E-state index is -3.65. The second-order valence-electron chi connectivity index (χ2n) is 18.7. The summed E-state index contributed by atoms with van der Waals surface area (Å²) in [5.41, 5.74) is 25.9. The summed E-state index contributed by atoms with van der Waals surface area (Å²) < 4.78 is 10.6. The molecule has 0 bridgehead atoms. The van der Waals surface area contributed by atoms with Crippen molar-refractivity contribution in [3.05, 3.63) is 145 Å². The number of methoxy groups -OCH3 is 1. The second kappa shape index (κ2) is 14.9. The van der Waals surface area contributed by atoms with Gasteiger partial charge in [-0.3, -0.25) is 0 Å². The molecule has 1 nitrogen and oxygen atoms in total. The molecular weight excluding hydrogens is 772 g/mol. The number of hydrogen-bond acceptors (Lipinski definition) is 1. The SMILES string of the molecule is COc1c(C(C)(C)C)cc2c(c1-c1cc(C)cc(C)c1)C=C(C)[CH]2[Zr]([CH]=[SiH2])([CH](C)C)[CH]1C(C)=Cc2c(-c3cc(C)cc(C)c3)ccc(-c3cc(C)cc(C)c3)c21. The summed E-state index contributed by atoms with van der Waals surface area (Å²) in [5.74, 6) is 1.02. The number of aryl methyl sites for hydroxylation is 6. The van der Waals surface area contributed by atoms with Gasteiger partial charge in [-0.25, -0.2) is 0 Å². The van der Waals surface area contributed by atoms with Crippen molar-refractivity contribution in [1.82, 2.24) is 0 Å². The van der Waals surface area contributed by atoms with Gasteiger partial charge in [-0.15, -0.1) is 0 Å². The Balaban J connectivity index is 1.57. The molecule has 5 aromatic rings. The molecule has 0 N–H and O–H groups in total. The van der Waals surface area contributed by atoms with Gasteiger partial charge in [-0.05, 0) is 0 Å². The van der Waals surface area contributed by atoms with Crippen molar-refractivity contribution < 1.29 is 25.0 Å². The van der Waals surface area contributed by atoms with Crippen LogP contribution in [0, 0.1) is 41.5 Å². The molecule has 0 saturated heterocycles. The first kappa shape index (κ1) is 40.5. The monoisotopic (exact) mass is 832 g/mol. The van der Waals surface area contributed by atoms with E-state index >= 15 is 0 Å². The van der Waals surface area contributed by atoms with Crippen LogP contribution in [-0.2, 0) is 25.7 Å². The van der Waals surface area contributed by atoms with Gasteiger partial charge in [-0.2, -0.15) is 0 Å². The van der Waals surface area contributed by atoms with Crippen LogP contribution >= 0.6 is 0 Å². The van der Waals surface area contributed by atoms with Gasteiger partial charge in [-0.1, -0.05) is 0 Å². The van der Waals surface area contributed by atoms with Crippen LogP contribution < -0.4 is 4.74 Å². The van der Waals surface area contributed by atoms with E-state index in [1.165, 1.54) is 100 Å². The van der Waals surface area contributed by atoms with E-state index in [0.717, 1.165) is 5.75 Å². The number of ether oxygens (including phenoxy) is 1. The number of rotatable bonds is 8. The average Bonchev–Trinajstić information content (AvgIpc) is 3.62. The van der Waals surface area contributed by atoms with Crippen LogP contribution in [0.5, 0.6) is 5.75 Å². The van der Waals surface area contributed by atoms with Crippen LogP contribution in [0.1, 0.15) is 117 Å². The molecule has 0 heterocycles. The van der Waals surface area contributed by atoms with Gasteiger partial charge in [0.1, 0.15) is 0 Å². The molecule has 288 valence electrons. The fraction of sp³-hybridized carbons (Fsp3) is 0.340. The zero-order valence-corrected chi connectivity index (χ0v) is 40.4. The molecule has 3 atom stereocenters. The predicted molar refractivity (Wildman–Crippen MR) is 245 cm³/mol. The molecule has 2 aliphatic rings. The minimum absolute atomic E-state index is 0.102. The van der Waals surface area contributed by atoms with Crippen molar-refractivity contribution in [1.29, 1.82) is 0 Å². The van der Waals surface area contributed by atoms with E-state index in [1.807, 2.05) is 7.11 Å². The predicted octanol–water partition coefficient (Wildman–Crippen LogP) is 13.8. The summed E-state index contributed by atoms with van der Waals surface area (Å²) >= 11 is -3.65. The summed E-state index contributed by atoms with van der Waals surface area (Å²) in [6.45, 7) is 30.5. The molecular formula is C53H62OSiZr. The Hall–Kier alpha value is -3.65. The van der Waals surface area contributed by atoms with Crippen LogP contribution in [0.25, 0.3) is 45.5 Å². The van der Waals surface area contributed by atoms with E-state index in [4.69, 9.17) is 4.74 Å². The van der Waals surface area contributed by atoms with E-state index < -0.39 is 20.3 Å². The molecule has 3 heteroatoms. The van der Waals surface area contributed by atoms with Crippen molar-refractivity contribution in [2.45, 2.75) is 106 Å². The van der Waals surface area contributed by atoms with Crippen LogP contribution in [0.3, 0.4) is 0 Å². The van der Waals surface area contributed by atoms with Gasteiger partial charge in [0.2, 0.25) is 0 Å². The Morgan fingerprint density at radius 2 is 1.05 bits per heavy atom. The molecule has 56 heavy (non-hydrogen) atoms. The average molecular weight is 834 g/mol. The molecule has 3 unspecified atom stereocenters. The van der Waals surface area contributed by atoms with Gasteiger partial charge < -0.3 is 0 Å². The van der Waals surface area contributed by atoms with E-state index in [2.05, 4.69) is 188 Å². The molecule has 2 aliphatic carbocycles. The molecule has 0 saturated carbocycles. The molecule has 0 amide bonds. The molecule has 0 aromatic heterocycles. The number of allylic oxidation sites excluding steroid dienone is 2. The standard InChI is InChI=1S/C26H25.C23H27O.C3H7.CH3Si.Zr/c1-16-8-17(2)11-21(10-16)23-6-7-24(26-15-20(5)14-25(23)26)22-12-18(3)9-19(4)13-22;1-14-8-15(2)11-18(10-14)21-19-12-16(3)9-17(19)13-20(22(21)24-7)23(4,5)6;1-3-2;1-2;/h6-15H,1-5H3;8-13H,1-7H3;3H,1-2H3;1H,2H2;. The summed E-state index contributed by atoms with van der Waals surface area (Å²) in [7, 11) is 4.04. The Morgan fingerprint density at radius 3 is 1.52 bits per heavy atom. The van der Waals surface area contributed by atoms with Crippen LogP contribution in [-0.4, -0.2) is 20.3 Å². The van der Waals surface area contributed by atoms with Gasteiger partial charge in [0.05, 0.1) is 0 Å². The molecule has 7 rings (SSSR count). The van der Waals surface area contributed by atoms with Gasteiger partial charge in [0, 0.05) is 0 Å². The first-order chi connectivity index (χ1) is 26.4. The maximum atomic E-state index is 6.48. The third-order valence-electron chi connectivity index (χ3n) is 12.8. The number of hydrogen-bond donors (Lipinski definition) is 0. The van der Waals surface area contributed by atoms with E-state index in [1.54, 1.807) is 5.56 Å². The summed E-state index contributed by atoms with van der Waals surface area (Å²) in [5, 5.41) is 0.